The van der Waals surface area contributed by atoms with Crippen LogP contribution in [-0.2, 0) is 12.8 Å². The Morgan fingerprint density at radius 3 is 2.75 bits per heavy atom. The summed E-state index contributed by atoms with van der Waals surface area (Å²) in [6.07, 6.45) is 4.37. The second-order valence-corrected chi connectivity index (χ2v) is 7.79. The lowest BCUT2D eigenvalue weighted by Gasteiger charge is -2.14. The number of benzene rings is 1. The van der Waals surface area contributed by atoms with Gasteiger partial charge in [0.05, 0.1) is 10.7 Å². The summed E-state index contributed by atoms with van der Waals surface area (Å²) < 4.78 is 0. The van der Waals surface area contributed by atoms with Gasteiger partial charge in [0.1, 0.15) is 9.71 Å². The number of thiophene rings is 1. The zero-order chi connectivity index (χ0) is 16.8. The number of aromatic nitrogens is 1. The predicted molar refractivity (Wildman–Crippen MR) is 101 cm³/mol. The number of halogens is 2. The fraction of sp³-hybridized carbons (Fsp3) is 0.222. The molecule has 0 atom stereocenters. The second kappa shape index (κ2) is 6.03. The molecule has 0 amide bonds. The SMILES string of the molecule is Nc1c(C(=O)c2ccc(Cl)cc2Cl)sc2nc3c(cc12)CCCC3. The minimum Gasteiger partial charge on any atom is -0.397 e. The molecule has 2 N–H and O–H groups in total. The highest BCUT2D eigenvalue weighted by molar-refractivity contribution is 7.21. The number of nitrogens with zero attached hydrogens (tertiary/aromatic N) is 1. The molecule has 3 aromatic rings. The van der Waals surface area contributed by atoms with Crippen molar-refractivity contribution in [3.63, 3.8) is 0 Å². The van der Waals surface area contributed by atoms with Crippen LogP contribution in [0.25, 0.3) is 10.2 Å². The summed E-state index contributed by atoms with van der Waals surface area (Å²) in [7, 11) is 0. The minimum absolute atomic E-state index is 0.185. The molecule has 0 aliphatic heterocycles. The van der Waals surface area contributed by atoms with E-state index < -0.39 is 0 Å². The van der Waals surface area contributed by atoms with Crippen molar-refractivity contribution < 1.29 is 4.79 Å². The molecular formula is C18H14Cl2N2OS. The van der Waals surface area contributed by atoms with Crippen molar-refractivity contribution in [3.8, 4) is 0 Å². The lowest BCUT2D eigenvalue weighted by Crippen LogP contribution is -2.05. The average molecular weight is 377 g/mol. The first-order valence-corrected chi connectivity index (χ1v) is 9.32. The monoisotopic (exact) mass is 376 g/mol. The number of ketones is 1. The summed E-state index contributed by atoms with van der Waals surface area (Å²) in [5.74, 6) is -0.185. The van der Waals surface area contributed by atoms with E-state index in [9.17, 15) is 4.79 Å². The third-order valence-corrected chi connectivity index (χ3v) is 6.04. The average Bonchev–Trinajstić information content (AvgIpc) is 2.88. The highest BCUT2D eigenvalue weighted by Gasteiger charge is 2.22. The molecule has 122 valence electrons. The van der Waals surface area contributed by atoms with Gasteiger partial charge < -0.3 is 5.73 Å². The van der Waals surface area contributed by atoms with Gasteiger partial charge in [-0.1, -0.05) is 23.2 Å². The third-order valence-electron chi connectivity index (χ3n) is 4.38. The molecule has 1 aromatic carbocycles. The number of hydrogen-bond donors (Lipinski definition) is 1. The zero-order valence-corrected chi connectivity index (χ0v) is 15.1. The molecule has 6 heteroatoms. The Hall–Kier alpha value is -1.62. The van der Waals surface area contributed by atoms with E-state index in [2.05, 4.69) is 6.07 Å². The highest BCUT2D eigenvalue weighted by Crippen LogP contribution is 2.37. The number of anilines is 1. The Bertz CT molecular complexity index is 981. The summed E-state index contributed by atoms with van der Waals surface area (Å²) >= 11 is 13.4. The Kier molecular flexibility index (Phi) is 3.99. The van der Waals surface area contributed by atoms with Gasteiger partial charge in [-0.3, -0.25) is 4.79 Å². The number of pyridine rings is 1. The number of nitrogens with two attached hydrogens (primary N) is 1. The van der Waals surface area contributed by atoms with E-state index in [-0.39, 0.29) is 5.78 Å². The van der Waals surface area contributed by atoms with E-state index >= 15 is 0 Å². The Labute approximate surface area is 153 Å². The van der Waals surface area contributed by atoms with Crippen LogP contribution in [0.15, 0.2) is 24.3 Å². The number of aryl methyl sites for hydroxylation is 2. The quantitative estimate of drug-likeness (QED) is 0.617. The van der Waals surface area contributed by atoms with Crippen LogP contribution in [0.5, 0.6) is 0 Å². The lowest BCUT2D eigenvalue weighted by molar-refractivity contribution is 0.104. The summed E-state index contributed by atoms with van der Waals surface area (Å²) in [4.78, 5) is 18.9. The molecule has 1 aliphatic carbocycles. The maximum atomic E-state index is 12.9. The first kappa shape index (κ1) is 15.9. The molecule has 3 nitrogen and oxygen atoms in total. The summed E-state index contributed by atoms with van der Waals surface area (Å²) in [5.41, 5.74) is 9.56. The maximum absolute atomic E-state index is 12.9. The summed E-state index contributed by atoms with van der Waals surface area (Å²) in [6, 6.07) is 6.95. The number of rotatable bonds is 2. The molecule has 2 aromatic heterocycles. The van der Waals surface area contributed by atoms with E-state index in [4.69, 9.17) is 33.9 Å². The number of fused-ring (bicyclic) bond motifs is 2. The van der Waals surface area contributed by atoms with E-state index in [0.717, 1.165) is 28.8 Å². The van der Waals surface area contributed by atoms with Crippen LogP contribution < -0.4 is 5.73 Å². The van der Waals surface area contributed by atoms with Crippen LogP contribution in [0.2, 0.25) is 10.0 Å². The molecule has 0 spiro atoms. The number of carbonyl (C=O) groups excluding carboxylic acids is 1. The van der Waals surface area contributed by atoms with E-state index in [1.807, 2.05) is 0 Å². The fourth-order valence-corrected chi connectivity index (χ4v) is 4.67. The third kappa shape index (κ3) is 2.59. The maximum Gasteiger partial charge on any atom is 0.206 e. The molecule has 0 saturated carbocycles. The van der Waals surface area contributed by atoms with Gasteiger partial charge in [-0.05, 0) is 55.5 Å². The number of carbonyl (C=O) groups is 1. The van der Waals surface area contributed by atoms with Crippen molar-refractivity contribution in [2.45, 2.75) is 25.7 Å². The van der Waals surface area contributed by atoms with Crippen LogP contribution >= 0.6 is 34.5 Å². The van der Waals surface area contributed by atoms with E-state index in [1.54, 1.807) is 18.2 Å². The molecule has 24 heavy (non-hydrogen) atoms. The molecule has 0 fully saturated rings. The number of hydrogen-bond acceptors (Lipinski definition) is 4. The predicted octanol–water partition coefficient (Wildman–Crippen LogP) is 5.30. The van der Waals surface area contributed by atoms with E-state index in [0.29, 0.717) is 26.2 Å². The molecule has 1 aliphatic rings. The van der Waals surface area contributed by atoms with Gasteiger partial charge >= 0.3 is 0 Å². The van der Waals surface area contributed by atoms with Gasteiger partial charge in [0, 0.05) is 21.7 Å². The molecule has 0 radical (unpaired) electrons. The molecule has 2 heterocycles. The van der Waals surface area contributed by atoms with Crippen LogP contribution in [0, 0.1) is 0 Å². The van der Waals surface area contributed by atoms with Gasteiger partial charge in [0.25, 0.3) is 0 Å². The van der Waals surface area contributed by atoms with Crippen LogP contribution in [-0.4, -0.2) is 10.8 Å². The van der Waals surface area contributed by atoms with Gasteiger partial charge in [-0.2, -0.15) is 0 Å². The Morgan fingerprint density at radius 2 is 1.96 bits per heavy atom. The molecule has 0 bridgehead atoms. The highest BCUT2D eigenvalue weighted by atomic mass is 35.5. The van der Waals surface area contributed by atoms with Crippen LogP contribution in [0.3, 0.4) is 0 Å². The largest absolute Gasteiger partial charge is 0.397 e. The summed E-state index contributed by atoms with van der Waals surface area (Å²) in [5, 5.41) is 1.70. The van der Waals surface area contributed by atoms with Crippen molar-refractivity contribution in [2.24, 2.45) is 0 Å². The van der Waals surface area contributed by atoms with Crippen molar-refractivity contribution in [2.75, 3.05) is 5.73 Å². The van der Waals surface area contributed by atoms with Gasteiger partial charge in [0.2, 0.25) is 5.78 Å². The minimum atomic E-state index is -0.185. The fourth-order valence-electron chi connectivity index (χ4n) is 3.12. The first-order chi connectivity index (χ1) is 11.5. The normalized spacial score (nSPS) is 13.9. The van der Waals surface area contributed by atoms with Gasteiger partial charge in [0.15, 0.2) is 0 Å². The lowest BCUT2D eigenvalue weighted by atomic mass is 9.95. The van der Waals surface area contributed by atoms with Crippen molar-refractivity contribution in [1.82, 2.24) is 4.98 Å². The van der Waals surface area contributed by atoms with Crippen molar-refractivity contribution in [3.05, 3.63) is 56.0 Å². The molecule has 0 unspecified atom stereocenters. The van der Waals surface area contributed by atoms with Crippen molar-refractivity contribution in [1.29, 1.82) is 0 Å². The number of nitrogen functional groups attached to an aromatic ring is 1. The Balaban J connectivity index is 1.84. The van der Waals surface area contributed by atoms with Gasteiger partial charge in [-0.25, -0.2) is 4.98 Å². The van der Waals surface area contributed by atoms with Crippen LogP contribution in [0.4, 0.5) is 5.69 Å². The molecule has 0 saturated heterocycles. The van der Waals surface area contributed by atoms with E-state index in [1.165, 1.54) is 29.7 Å². The zero-order valence-electron chi connectivity index (χ0n) is 12.7. The molecular weight excluding hydrogens is 363 g/mol. The Morgan fingerprint density at radius 1 is 1.17 bits per heavy atom. The van der Waals surface area contributed by atoms with Gasteiger partial charge in [-0.15, -0.1) is 11.3 Å². The summed E-state index contributed by atoms with van der Waals surface area (Å²) in [6.45, 7) is 0. The second-order valence-electron chi connectivity index (χ2n) is 5.95. The molecule has 4 rings (SSSR count). The first-order valence-electron chi connectivity index (χ1n) is 7.75. The van der Waals surface area contributed by atoms with Crippen LogP contribution in [0.1, 0.15) is 39.3 Å². The standard InChI is InChI=1S/C18H14Cl2N2OS/c19-10-5-6-11(13(20)8-10)16(23)17-15(21)12-7-9-3-1-2-4-14(9)22-18(12)24-17/h5-8H,1-4,21H2. The van der Waals surface area contributed by atoms with Crippen molar-refractivity contribution >= 4 is 56.2 Å². The smallest absolute Gasteiger partial charge is 0.206 e. The topological polar surface area (TPSA) is 56.0 Å².